The van der Waals surface area contributed by atoms with Crippen molar-refractivity contribution in [2.24, 2.45) is 0 Å². The molecule has 9 rings (SSSR count). The molecule has 3 aromatic heterocycles. The molecule has 0 saturated carbocycles. The maximum absolute atomic E-state index is 6.85. The van der Waals surface area contributed by atoms with Crippen LogP contribution in [0.3, 0.4) is 0 Å². The van der Waals surface area contributed by atoms with Crippen molar-refractivity contribution in [2.75, 3.05) is 0 Å². The maximum atomic E-state index is 6.85. The first-order chi connectivity index (χ1) is 25.7. The number of hydrogen-bond acceptors (Lipinski definition) is 3. The van der Waals surface area contributed by atoms with E-state index in [4.69, 9.17) is 14.4 Å². The predicted octanol–water partition coefficient (Wildman–Crippen LogP) is 13.6. The second-order valence-electron chi connectivity index (χ2n) is 15.2. The van der Waals surface area contributed by atoms with Crippen molar-refractivity contribution < 1.29 is 4.42 Å². The molecule has 4 nitrogen and oxygen atoms in total. The van der Waals surface area contributed by atoms with Crippen LogP contribution < -0.4 is 0 Å². The van der Waals surface area contributed by atoms with Crippen LogP contribution in [0.4, 0.5) is 0 Å². The number of aryl methyl sites for hydroxylation is 3. The quantitative estimate of drug-likeness (QED) is 0.175. The van der Waals surface area contributed by atoms with Crippen LogP contribution >= 0.6 is 0 Å². The first-order valence-corrected chi connectivity index (χ1v) is 18.7. The van der Waals surface area contributed by atoms with Crippen molar-refractivity contribution in [1.29, 1.82) is 0 Å². The summed E-state index contributed by atoms with van der Waals surface area (Å²) in [4.78, 5) is 10.5. The lowest BCUT2D eigenvalue weighted by atomic mass is 9.87. The van der Waals surface area contributed by atoms with E-state index in [2.05, 4.69) is 174 Å². The van der Waals surface area contributed by atoms with Crippen molar-refractivity contribution in [3.63, 3.8) is 0 Å². The van der Waals surface area contributed by atoms with Crippen LogP contribution in [0.25, 0.3) is 83.3 Å². The molecule has 0 aliphatic heterocycles. The van der Waals surface area contributed by atoms with E-state index < -0.39 is 0 Å². The molecule has 0 unspecified atom stereocenters. The van der Waals surface area contributed by atoms with Crippen molar-refractivity contribution in [3.05, 3.63) is 149 Å². The predicted molar refractivity (Wildman–Crippen MR) is 222 cm³/mol. The first-order valence-electron chi connectivity index (χ1n) is 18.7. The van der Waals surface area contributed by atoms with E-state index in [0.717, 1.165) is 55.6 Å². The number of pyridine rings is 1. The second-order valence-corrected chi connectivity index (χ2v) is 15.2. The summed E-state index contributed by atoms with van der Waals surface area (Å²) in [5, 5.41) is 4.60. The summed E-state index contributed by atoms with van der Waals surface area (Å²) < 4.78 is 9.25. The lowest BCUT2D eigenvalue weighted by molar-refractivity contribution is 0.655. The first kappa shape index (κ1) is 32.9. The molecule has 3 heterocycles. The smallest absolute Gasteiger partial charge is 0.227 e. The fourth-order valence-corrected chi connectivity index (χ4v) is 8.25. The summed E-state index contributed by atoms with van der Waals surface area (Å²) in [6.07, 6.45) is 0. The van der Waals surface area contributed by atoms with E-state index in [9.17, 15) is 0 Å². The van der Waals surface area contributed by atoms with Gasteiger partial charge in [0.05, 0.1) is 28.0 Å². The Morgan fingerprint density at radius 3 is 2.02 bits per heavy atom. The molecule has 0 N–H and O–H groups in total. The highest BCUT2D eigenvalue weighted by Crippen LogP contribution is 2.43. The largest absolute Gasteiger partial charge is 0.437 e. The number of furan rings is 1. The number of nitrogens with zero attached hydrogens (tertiary/aromatic N) is 3. The molecule has 0 saturated heterocycles. The molecule has 0 amide bonds. The Hall–Kier alpha value is -6.00. The Labute approximate surface area is 310 Å². The fourth-order valence-electron chi connectivity index (χ4n) is 8.25. The minimum atomic E-state index is 0.258. The standard InChI is InChI=1S/C49H43N3O/c1-28(2)39-26-36(35-21-20-33-15-8-9-16-34(33)25-35)27-40(29(3)4)46(39)52-43-18-11-10-17-41(43)50-48(52)38-22-19-32(7)45-37-23-24-42(51-49(37)53-47(38)45)44-30(5)13-12-14-31(44)6/h8-29H,1-7H3. The fraction of sp³-hybridized carbons (Fsp3) is 0.184. The van der Waals surface area contributed by atoms with Crippen LogP contribution in [0.15, 0.2) is 126 Å². The molecule has 0 radical (unpaired) electrons. The van der Waals surface area contributed by atoms with Gasteiger partial charge < -0.3 is 4.42 Å². The van der Waals surface area contributed by atoms with Gasteiger partial charge in [-0.25, -0.2) is 9.97 Å². The number of fused-ring (bicyclic) bond motifs is 5. The maximum Gasteiger partial charge on any atom is 0.227 e. The van der Waals surface area contributed by atoms with E-state index in [1.807, 2.05) is 0 Å². The third-order valence-corrected chi connectivity index (χ3v) is 11.0. The summed E-state index contributed by atoms with van der Waals surface area (Å²) in [5.74, 6) is 1.38. The van der Waals surface area contributed by atoms with Crippen LogP contribution in [0.2, 0.25) is 0 Å². The van der Waals surface area contributed by atoms with E-state index in [1.54, 1.807) is 0 Å². The van der Waals surface area contributed by atoms with Crippen molar-refractivity contribution >= 4 is 43.9 Å². The van der Waals surface area contributed by atoms with Gasteiger partial charge in [0.1, 0.15) is 11.4 Å². The van der Waals surface area contributed by atoms with Gasteiger partial charge in [-0.3, -0.25) is 4.57 Å². The van der Waals surface area contributed by atoms with Gasteiger partial charge in [-0.05, 0) is 131 Å². The number of benzene rings is 6. The average molecular weight is 690 g/mol. The molecular weight excluding hydrogens is 647 g/mol. The topological polar surface area (TPSA) is 43.9 Å². The molecule has 0 fully saturated rings. The van der Waals surface area contributed by atoms with E-state index >= 15 is 0 Å². The van der Waals surface area contributed by atoms with E-state index in [-0.39, 0.29) is 11.8 Å². The molecule has 260 valence electrons. The molecule has 0 aliphatic rings. The highest BCUT2D eigenvalue weighted by Gasteiger charge is 2.26. The Bertz CT molecular complexity index is 2840. The summed E-state index contributed by atoms with van der Waals surface area (Å²) in [5.41, 5.74) is 16.3. The molecule has 0 bridgehead atoms. The second kappa shape index (κ2) is 12.6. The van der Waals surface area contributed by atoms with Gasteiger partial charge in [0, 0.05) is 16.3 Å². The summed E-state index contributed by atoms with van der Waals surface area (Å²) in [7, 11) is 0. The lowest BCUT2D eigenvalue weighted by Gasteiger charge is -2.24. The number of aromatic nitrogens is 3. The zero-order valence-electron chi connectivity index (χ0n) is 31.5. The Balaban J connectivity index is 1.31. The lowest BCUT2D eigenvalue weighted by Crippen LogP contribution is -2.09. The number of imidazole rings is 1. The Morgan fingerprint density at radius 1 is 0.585 bits per heavy atom. The molecule has 53 heavy (non-hydrogen) atoms. The van der Waals surface area contributed by atoms with Crippen LogP contribution in [0.1, 0.15) is 67.3 Å². The normalized spacial score (nSPS) is 12.0. The highest BCUT2D eigenvalue weighted by atomic mass is 16.3. The van der Waals surface area contributed by atoms with Gasteiger partial charge >= 0.3 is 0 Å². The number of rotatable bonds is 6. The van der Waals surface area contributed by atoms with E-state index in [0.29, 0.717) is 5.71 Å². The number of para-hydroxylation sites is 2. The van der Waals surface area contributed by atoms with Gasteiger partial charge in [-0.2, -0.15) is 0 Å². The summed E-state index contributed by atoms with van der Waals surface area (Å²) >= 11 is 0. The van der Waals surface area contributed by atoms with Gasteiger partial charge in [0.2, 0.25) is 5.71 Å². The third-order valence-electron chi connectivity index (χ3n) is 11.0. The van der Waals surface area contributed by atoms with Crippen LogP contribution in [-0.2, 0) is 0 Å². The zero-order valence-corrected chi connectivity index (χ0v) is 31.5. The molecular formula is C49H43N3O. The molecule has 0 spiro atoms. The summed E-state index contributed by atoms with van der Waals surface area (Å²) in [6.45, 7) is 15.6. The van der Waals surface area contributed by atoms with Gasteiger partial charge in [0.25, 0.3) is 0 Å². The van der Waals surface area contributed by atoms with Crippen LogP contribution in [-0.4, -0.2) is 14.5 Å². The molecule has 4 heteroatoms. The Kier molecular flexibility index (Phi) is 7.81. The molecule has 9 aromatic rings. The van der Waals surface area contributed by atoms with Crippen molar-refractivity contribution in [1.82, 2.24) is 14.5 Å². The molecule has 6 aromatic carbocycles. The van der Waals surface area contributed by atoms with Crippen LogP contribution in [0.5, 0.6) is 0 Å². The van der Waals surface area contributed by atoms with Gasteiger partial charge in [-0.1, -0.05) is 100 Å². The zero-order chi connectivity index (χ0) is 36.5. The van der Waals surface area contributed by atoms with Crippen molar-refractivity contribution in [3.8, 4) is 39.5 Å². The molecule has 0 atom stereocenters. The average Bonchev–Trinajstić information content (AvgIpc) is 3.73. The molecule has 0 aliphatic carbocycles. The minimum absolute atomic E-state index is 0.258. The summed E-state index contributed by atoms with van der Waals surface area (Å²) in [6, 6.07) is 43.8. The SMILES string of the molecule is Cc1cccc(C)c1-c1ccc2c(n1)oc1c(-c3nc4ccccc4n3-c3c(C(C)C)cc(-c4ccc5ccccc5c4)cc3C(C)C)ccc(C)c12. The van der Waals surface area contributed by atoms with Gasteiger partial charge in [-0.15, -0.1) is 0 Å². The van der Waals surface area contributed by atoms with E-state index in [1.165, 1.54) is 49.8 Å². The monoisotopic (exact) mass is 689 g/mol. The van der Waals surface area contributed by atoms with Crippen molar-refractivity contribution in [2.45, 2.75) is 60.3 Å². The Morgan fingerprint density at radius 2 is 1.28 bits per heavy atom. The number of hydrogen-bond donors (Lipinski definition) is 0. The third kappa shape index (κ3) is 5.35. The van der Waals surface area contributed by atoms with Gasteiger partial charge in [0.15, 0.2) is 0 Å². The highest BCUT2D eigenvalue weighted by molar-refractivity contribution is 6.10. The minimum Gasteiger partial charge on any atom is -0.437 e. The van der Waals surface area contributed by atoms with Crippen LogP contribution in [0, 0.1) is 20.8 Å².